The highest BCUT2D eigenvalue weighted by Gasteiger charge is 2.39. The van der Waals surface area contributed by atoms with Gasteiger partial charge in [0.1, 0.15) is 6.04 Å². The molecule has 0 aromatic rings. The van der Waals surface area contributed by atoms with Crippen molar-refractivity contribution < 1.29 is 31.5 Å². The fraction of sp³-hybridized carbons (Fsp3) is 0.900. The molecular weight excluding hydrogens is 301 g/mol. The van der Waals surface area contributed by atoms with Gasteiger partial charge in [-0.05, 0) is 26.2 Å². The van der Waals surface area contributed by atoms with Crippen LogP contribution in [-0.2, 0) is 15.0 Å². The molecule has 20 heavy (non-hydrogen) atoms. The SMILES string of the molecule is CC(CC(F)(F)F)NS(=O)(=O)N1CCCCC1C(=O)O. The van der Waals surface area contributed by atoms with Crippen molar-refractivity contribution in [1.29, 1.82) is 0 Å². The van der Waals surface area contributed by atoms with Crippen LogP contribution in [0.5, 0.6) is 0 Å². The van der Waals surface area contributed by atoms with Crippen molar-refractivity contribution in [2.75, 3.05) is 6.54 Å². The fourth-order valence-electron chi connectivity index (χ4n) is 2.15. The summed E-state index contributed by atoms with van der Waals surface area (Å²) < 4.78 is 63.1. The molecule has 0 amide bonds. The number of carboxylic acids is 1. The number of nitrogens with one attached hydrogen (secondary N) is 1. The molecule has 0 spiro atoms. The largest absolute Gasteiger partial charge is 0.480 e. The number of piperidine rings is 1. The van der Waals surface area contributed by atoms with Crippen LogP contribution >= 0.6 is 0 Å². The van der Waals surface area contributed by atoms with Crippen LogP contribution in [0.1, 0.15) is 32.6 Å². The Morgan fingerprint density at radius 3 is 2.55 bits per heavy atom. The number of halogens is 3. The Bertz CT molecular complexity index is 452. The molecule has 1 rings (SSSR count). The molecule has 1 heterocycles. The molecule has 6 nitrogen and oxygen atoms in total. The second-order valence-corrected chi connectivity index (χ2v) is 6.46. The van der Waals surface area contributed by atoms with Gasteiger partial charge >= 0.3 is 12.1 Å². The first-order chi connectivity index (χ1) is 9.03. The lowest BCUT2D eigenvalue weighted by Crippen LogP contribution is -2.54. The summed E-state index contributed by atoms with van der Waals surface area (Å²) in [5, 5.41) is 8.98. The Morgan fingerprint density at radius 1 is 1.45 bits per heavy atom. The van der Waals surface area contributed by atoms with Crippen molar-refractivity contribution in [2.24, 2.45) is 0 Å². The molecule has 10 heteroatoms. The van der Waals surface area contributed by atoms with Crippen LogP contribution in [0.15, 0.2) is 0 Å². The fourth-order valence-corrected chi connectivity index (χ4v) is 3.78. The van der Waals surface area contributed by atoms with Crippen molar-refractivity contribution in [3.8, 4) is 0 Å². The Morgan fingerprint density at radius 2 is 2.05 bits per heavy atom. The van der Waals surface area contributed by atoms with E-state index in [4.69, 9.17) is 5.11 Å². The highest BCUT2D eigenvalue weighted by molar-refractivity contribution is 7.87. The summed E-state index contributed by atoms with van der Waals surface area (Å²) in [6.07, 6.45) is -4.59. The van der Waals surface area contributed by atoms with E-state index in [1.807, 2.05) is 4.72 Å². The summed E-state index contributed by atoms with van der Waals surface area (Å²) in [5.41, 5.74) is 0. The quantitative estimate of drug-likeness (QED) is 0.795. The molecule has 2 N–H and O–H groups in total. The van der Waals surface area contributed by atoms with Crippen LogP contribution in [0, 0.1) is 0 Å². The van der Waals surface area contributed by atoms with Crippen LogP contribution in [0.25, 0.3) is 0 Å². The number of carbonyl (C=O) groups is 1. The van der Waals surface area contributed by atoms with Crippen LogP contribution in [0.4, 0.5) is 13.2 Å². The van der Waals surface area contributed by atoms with E-state index in [-0.39, 0.29) is 13.0 Å². The van der Waals surface area contributed by atoms with Crippen LogP contribution in [0.2, 0.25) is 0 Å². The predicted molar refractivity (Wildman–Crippen MR) is 64.2 cm³/mol. The molecular formula is C10H17F3N2O4S. The van der Waals surface area contributed by atoms with Crippen LogP contribution in [0.3, 0.4) is 0 Å². The number of rotatable bonds is 5. The number of hydrogen-bond donors (Lipinski definition) is 2. The lowest BCUT2D eigenvalue weighted by molar-refractivity contribution is -0.143. The summed E-state index contributed by atoms with van der Waals surface area (Å²) in [7, 11) is -4.25. The average Bonchev–Trinajstić information content (AvgIpc) is 2.25. The number of carboxylic acid groups (broad SMARTS) is 1. The standard InChI is InChI=1S/C10H17F3N2O4S/c1-7(6-10(11,12)13)14-20(18,19)15-5-3-2-4-8(15)9(16)17/h7-8,14H,2-6H2,1H3,(H,16,17). The first kappa shape index (κ1) is 17.2. The topological polar surface area (TPSA) is 86.7 Å². The molecule has 0 radical (unpaired) electrons. The molecule has 1 aliphatic heterocycles. The second kappa shape index (κ2) is 6.27. The van der Waals surface area contributed by atoms with Gasteiger partial charge in [0.05, 0.1) is 6.42 Å². The average molecular weight is 318 g/mol. The Kier molecular flexibility index (Phi) is 5.39. The summed E-state index contributed by atoms with van der Waals surface area (Å²) in [5.74, 6) is -1.29. The third kappa shape index (κ3) is 4.91. The van der Waals surface area contributed by atoms with Crippen molar-refractivity contribution in [1.82, 2.24) is 9.03 Å². The summed E-state index contributed by atoms with van der Waals surface area (Å²) >= 11 is 0. The smallest absolute Gasteiger partial charge is 0.390 e. The zero-order valence-corrected chi connectivity index (χ0v) is 11.7. The molecule has 0 saturated carbocycles. The Balaban J connectivity index is 2.78. The Hall–Kier alpha value is -0.870. The van der Waals surface area contributed by atoms with Crippen molar-refractivity contribution in [3.05, 3.63) is 0 Å². The van der Waals surface area contributed by atoms with Gasteiger partial charge in [0.25, 0.3) is 10.2 Å². The molecule has 0 bridgehead atoms. The van der Waals surface area contributed by atoms with E-state index in [1.165, 1.54) is 0 Å². The minimum Gasteiger partial charge on any atom is -0.480 e. The van der Waals surface area contributed by atoms with Crippen LogP contribution in [-0.4, -0.2) is 48.6 Å². The van der Waals surface area contributed by atoms with Gasteiger partial charge < -0.3 is 5.11 Å². The normalized spacial score (nSPS) is 23.5. The monoisotopic (exact) mass is 318 g/mol. The molecule has 1 aliphatic rings. The van der Waals surface area contributed by atoms with E-state index in [1.54, 1.807) is 0 Å². The van der Waals surface area contributed by atoms with Gasteiger partial charge in [-0.3, -0.25) is 4.79 Å². The van der Waals surface area contributed by atoms with Gasteiger partial charge in [0, 0.05) is 12.6 Å². The first-order valence-corrected chi connectivity index (χ1v) is 7.55. The molecule has 118 valence electrons. The van der Waals surface area contributed by atoms with Gasteiger partial charge in [-0.2, -0.15) is 30.6 Å². The second-order valence-electron chi connectivity index (χ2n) is 4.80. The zero-order chi connectivity index (χ0) is 15.6. The maximum absolute atomic E-state index is 12.2. The zero-order valence-electron chi connectivity index (χ0n) is 10.9. The molecule has 0 aromatic carbocycles. The highest BCUT2D eigenvalue weighted by atomic mass is 32.2. The number of aliphatic carboxylic acids is 1. The van der Waals surface area contributed by atoms with Gasteiger partial charge in [-0.15, -0.1) is 0 Å². The van der Waals surface area contributed by atoms with Crippen molar-refractivity contribution in [3.63, 3.8) is 0 Å². The van der Waals surface area contributed by atoms with Gasteiger partial charge in [0.15, 0.2) is 0 Å². The number of nitrogens with zero attached hydrogens (tertiary/aromatic N) is 1. The lowest BCUT2D eigenvalue weighted by atomic mass is 10.1. The molecule has 1 saturated heterocycles. The molecule has 1 fully saturated rings. The number of hydrogen-bond acceptors (Lipinski definition) is 3. The summed E-state index contributed by atoms with van der Waals surface area (Å²) in [4.78, 5) is 11.0. The van der Waals surface area contributed by atoms with Gasteiger partial charge in [0.2, 0.25) is 0 Å². The maximum atomic E-state index is 12.2. The van der Waals surface area contributed by atoms with Crippen molar-refractivity contribution >= 4 is 16.2 Å². The lowest BCUT2D eigenvalue weighted by Gasteiger charge is -2.32. The number of alkyl halides is 3. The molecule has 2 unspecified atom stereocenters. The molecule has 2 atom stereocenters. The third-order valence-electron chi connectivity index (χ3n) is 2.94. The maximum Gasteiger partial charge on any atom is 0.390 e. The van der Waals surface area contributed by atoms with E-state index in [0.29, 0.717) is 12.8 Å². The van der Waals surface area contributed by atoms with E-state index in [9.17, 15) is 26.4 Å². The Labute approximate surface area is 115 Å². The third-order valence-corrected chi connectivity index (χ3v) is 4.69. The minimum atomic E-state index is -4.49. The van der Waals surface area contributed by atoms with Crippen LogP contribution < -0.4 is 4.72 Å². The van der Waals surface area contributed by atoms with Crippen molar-refractivity contribution in [2.45, 2.75) is 50.9 Å². The predicted octanol–water partition coefficient (Wildman–Crippen LogP) is 1.10. The first-order valence-electron chi connectivity index (χ1n) is 6.11. The molecule has 0 aromatic heterocycles. The van der Waals surface area contributed by atoms with Gasteiger partial charge in [-0.25, -0.2) is 0 Å². The summed E-state index contributed by atoms with van der Waals surface area (Å²) in [6.45, 7) is 1.08. The van der Waals surface area contributed by atoms with E-state index in [0.717, 1.165) is 11.2 Å². The van der Waals surface area contributed by atoms with E-state index < -0.39 is 40.9 Å². The van der Waals surface area contributed by atoms with E-state index >= 15 is 0 Å². The minimum absolute atomic E-state index is 0.00889. The summed E-state index contributed by atoms with van der Waals surface area (Å²) in [6, 6.07) is -2.57. The van der Waals surface area contributed by atoms with E-state index in [2.05, 4.69) is 0 Å². The highest BCUT2D eigenvalue weighted by Crippen LogP contribution is 2.23. The van der Waals surface area contributed by atoms with Gasteiger partial charge in [-0.1, -0.05) is 0 Å². The molecule has 0 aliphatic carbocycles.